The summed E-state index contributed by atoms with van der Waals surface area (Å²) in [6.07, 6.45) is 0. The predicted molar refractivity (Wildman–Crippen MR) is 120 cm³/mol. The van der Waals surface area contributed by atoms with Gasteiger partial charge < -0.3 is 27.6 Å². The van der Waals surface area contributed by atoms with E-state index in [1.54, 1.807) is 76.2 Å². The fourth-order valence-corrected chi connectivity index (χ4v) is 6.22. The first-order valence-corrected chi connectivity index (χ1v) is 13.3. The van der Waals surface area contributed by atoms with E-state index in [4.69, 9.17) is 27.6 Å². The summed E-state index contributed by atoms with van der Waals surface area (Å²) >= 11 is 0. The SMILES string of the molecule is CCOP(=O)(OCC)c1ccccc1OCOc1ccccc1P(=O)(OCC)OCC. The van der Waals surface area contributed by atoms with Crippen molar-refractivity contribution in [2.75, 3.05) is 33.2 Å². The Hall–Kier alpha value is -1.66. The zero-order valence-electron chi connectivity index (χ0n) is 18.3. The van der Waals surface area contributed by atoms with Gasteiger partial charge in [0.1, 0.15) is 22.1 Å². The summed E-state index contributed by atoms with van der Waals surface area (Å²) in [5, 5.41) is 0.620. The first-order chi connectivity index (χ1) is 14.9. The molecule has 0 saturated heterocycles. The van der Waals surface area contributed by atoms with Crippen LogP contribution in [0, 0.1) is 0 Å². The third-order valence-corrected chi connectivity index (χ3v) is 8.26. The van der Waals surface area contributed by atoms with E-state index in [1.807, 2.05) is 0 Å². The second-order valence-electron chi connectivity index (χ2n) is 6.01. The summed E-state index contributed by atoms with van der Waals surface area (Å²) in [5.41, 5.74) is 0. The van der Waals surface area contributed by atoms with E-state index < -0.39 is 15.2 Å². The minimum atomic E-state index is -3.54. The van der Waals surface area contributed by atoms with Gasteiger partial charge in [-0.05, 0) is 52.0 Å². The molecule has 0 radical (unpaired) electrons. The van der Waals surface area contributed by atoms with Gasteiger partial charge in [0.05, 0.1) is 26.4 Å². The lowest BCUT2D eigenvalue weighted by molar-refractivity contribution is 0.121. The average Bonchev–Trinajstić information content (AvgIpc) is 2.75. The summed E-state index contributed by atoms with van der Waals surface area (Å²) in [5.74, 6) is 0.617. The van der Waals surface area contributed by atoms with Crippen LogP contribution in [0.3, 0.4) is 0 Å². The van der Waals surface area contributed by atoms with Crippen molar-refractivity contribution in [3.8, 4) is 11.5 Å². The zero-order chi connectivity index (χ0) is 22.7. The molecule has 0 spiro atoms. The van der Waals surface area contributed by atoms with Crippen LogP contribution in [-0.2, 0) is 27.2 Å². The summed E-state index contributed by atoms with van der Waals surface area (Å²) in [7, 11) is -7.08. The number of hydrogen-bond donors (Lipinski definition) is 0. The van der Waals surface area contributed by atoms with Crippen LogP contribution < -0.4 is 20.1 Å². The minimum absolute atomic E-state index is 0.222. The summed E-state index contributed by atoms with van der Waals surface area (Å²) < 4.78 is 59.5. The Balaban J connectivity index is 2.23. The molecule has 0 N–H and O–H groups in total. The highest BCUT2D eigenvalue weighted by molar-refractivity contribution is 7.62. The van der Waals surface area contributed by atoms with Crippen LogP contribution in [0.2, 0.25) is 0 Å². The van der Waals surface area contributed by atoms with Crippen LogP contribution in [-0.4, -0.2) is 33.2 Å². The van der Waals surface area contributed by atoms with Crippen molar-refractivity contribution in [1.82, 2.24) is 0 Å². The summed E-state index contributed by atoms with van der Waals surface area (Å²) in [6, 6.07) is 13.5. The van der Waals surface area contributed by atoms with E-state index >= 15 is 0 Å². The van der Waals surface area contributed by atoms with Gasteiger partial charge in [0.25, 0.3) is 0 Å². The largest absolute Gasteiger partial charge is 0.457 e. The van der Waals surface area contributed by atoms with Crippen molar-refractivity contribution >= 4 is 25.8 Å². The van der Waals surface area contributed by atoms with Gasteiger partial charge in [-0.15, -0.1) is 0 Å². The first-order valence-electron chi connectivity index (χ1n) is 10.2. The number of para-hydroxylation sites is 2. The highest BCUT2D eigenvalue weighted by atomic mass is 31.2. The van der Waals surface area contributed by atoms with Gasteiger partial charge in [0.2, 0.25) is 6.79 Å². The predicted octanol–water partition coefficient (Wildman–Crippen LogP) is 4.88. The number of ether oxygens (including phenoxy) is 2. The Morgan fingerprint density at radius 2 is 0.903 bits per heavy atom. The quantitative estimate of drug-likeness (QED) is 0.284. The number of rotatable bonds is 14. The van der Waals surface area contributed by atoms with E-state index in [0.29, 0.717) is 22.1 Å². The molecule has 0 aromatic heterocycles. The molecule has 2 rings (SSSR count). The fourth-order valence-electron chi connectivity index (χ4n) is 2.80. The van der Waals surface area contributed by atoms with Crippen molar-refractivity contribution in [2.24, 2.45) is 0 Å². The van der Waals surface area contributed by atoms with E-state index in [9.17, 15) is 9.13 Å². The minimum Gasteiger partial charge on any atom is -0.457 e. The van der Waals surface area contributed by atoms with E-state index in [-0.39, 0.29) is 33.2 Å². The lowest BCUT2D eigenvalue weighted by atomic mass is 10.3. The Bertz CT molecular complexity index is 824. The van der Waals surface area contributed by atoms with Crippen LogP contribution in [0.15, 0.2) is 48.5 Å². The van der Waals surface area contributed by atoms with Crippen LogP contribution in [0.25, 0.3) is 0 Å². The van der Waals surface area contributed by atoms with Crippen molar-refractivity contribution in [1.29, 1.82) is 0 Å². The molecule has 0 bridgehead atoms. The number of hydrogen-bond acceptors (Lipinski definition) is 8. The van der Waals surface area contributed by atoms with Gasteiger partial charge in [-0.25, -0.2) is 0 Å². The maximum absolute atomic E-state index is 13.2. The molecule has 0 fully saturated rings. The molecule has 0 aliphatic rings. The lowest BCUT2D eigenvalue weighted by Crippen LogP contribution is -2.19. The van der Waals surface area contributed by atoms with Crippen LogP contribution in [0.5, 0.6) is 11.5 Å². The van der Waals surface area contributed by atoms with Crippen molar-refractivity contribution in [3.63, 3.8) is 0 Å². The fraction of sp³-hybridized carbons (Fsp3) is 0.429. The van der Waals surface area contributed by atoms with Gasteiger partial charge in [-0.3, -0.25) is 9.13 Å². The Morgan fingerprint density at radius 3 is 1.23 bits per heavy atom. The Kier molecular flexibility index (Phi) is 10.2. The third kappa shape index (κ3) is 6.66. The first kappa shape index (κ1) is 25.6. The zero-order valence-corrected chi connectivity index (χ0v) is 20.1. The van der Waals surface area contributed by atoms with Gasteiger partial charge in [-0.2, -0.15) is 0 Å². The van der Waals surface area contributed by atoms with Crippen molar-refractivity contribution < 1.29 is 36.7 Å². The van der Waals surface area contributed by atoms with Gasteiger partial charge in [-0.1, -0.05) is 24.3 Å². The molecule has 0 heterocycles. The molecular weight excluding hydrogens is 442 g/mol. The van der Waals surface area contributed by atoms with Crippen LogP contribution in [0.1, 0.15) is 27.7 Å². The topological polar surface area (TPSA) is 89.5 Å². The standard InChI is InChI=1S/C21H30O8P2/c1-5-26-30(22,27-6-2)20-15-11-9-13-18(20)24-17-25-19-14-10-12-16-21(19)31(23,28-7-3)29-8-4/h9-16H,5-8,17H2,1-4H3. The molecule has 0 unspecified atom stereocenters. The van der Waals surface area contributed by atoms with E-state index in [1.165, 1.54) is 0 Å². The molecule has 172 valence electrons. The second-order valence-corrected chi connectivity index (χ2v) is 9.99. The Morgan fingerprint density at radius 1 is 0.581 bits per heavy atom. The highest BCUT2D eigenvalue weighted by Gasteiger charge is 2.32. The molecular formula is C21H30O8P2. The summed E-state index contributed by atoms with van der Waals surface area (Å²) in [4.78, 5) is 0. The van der Waals surface area contributed by atoms with Crippen molar-refractivity contribution in [3.05, 3.63) is 48.5 Å². The molecule has 8 nitrogen and oxygen atoms in total. The third-order valence-electron chi connectivity index (χ3n) is 3.95. The molecule has 2 aromatic carbocycles. The average molecular weight is 472 g/mol. The lowest BCUT2D eigenvalue weighted by Gasteiger charge is -2.21. The number of benzene rings is 2. The second kappa shape index (κ2) is 12.4. The van der Waals surface area contributed by atoms with Gasteiger partial charge >= 0.3 is 15.2 Å². The molecule has 0 aliphatic heterocycles. The molecule has 0 aliphatic carbocycles. The normalized spacial score (nSPS) is 12.0. The van der Waals surface area contributed by atoms with E-state index in [0.717, 1.165) is 0 Å². The van der Waals surface area contributed by atoms with Crippen molar-refractivity contribution in [2.45, 2.75) is 27.7 Å². The molecule has 31 heavy (non-hydrogen) atoms. The van der Waals surface area contributed by atoms with E-state index in [2.05, 4.69) is 0 Å². The maximum Gasteiger partial charge on any atom is 0.365 e. The van der Waals surface area contributed by atoms with Gasteiger partial charge in [0.15, 0.2) is 0 Å². The smallest absolute Gasteiger partial charge is 0.365 e. The molecule has 0 atom stereocenters. The highest BCUT2D eigenvalue weighted by Crippen LogP contribution is 2.50. The Labute approximate surface area is 183 Å². The summed E-state index contributed by atoms with van der Waals surface area (Å²) in [6.45, 7) is 7.62. The molecule has 0 saturated carbocycles. The molecule has 10 heteroatoms. The van der Waals surface area contributed by atoms with Gasteiger partial charge in [0, 0.05) is 0 Å². The molecule has 0 amide bonds. The van der Waals surface area contributed by atoms with Crippen LogP contribution in [0.4, 0.5) is 0 Å². The maximum atomic E-state index is 13.2. The van der Waals surface area contributed by atoms with Crippen LogP contribution >= 0.6 is 15.2 Å². The molecule has 2 aromatic rings. The monoisotopic (exact) mass is 472 g/mol.